The summed E-state index contributed by atoms with van der Waals surface area (Å²) in [5.41, 5.74) is 6.87. The molecule has 3 nitrogen and oxygen atoms in total. The van der Waals surface area contributed by atoms with E-state index in [0.29, 0.717) is 0 Å². The number of benzene rings is 1. The van der Waals surface area contributed by atoms with Gasteiger partial charge in [0.05, 0.1) is 0 Å². The topological polar surface area (TPSA) is 32.5 Å². The molecule has 2 rings (SSSR count). The molecule has 0 spiro atoms. The predicted molar refractivity (Wildman–Crippen MR) is 82.6 cm³/mol. The molecule has 19 heavy (non-hydrogen) atoms. The molecule has 1 fully saturated rings. The van der Waals surface area contributed by atoms with Crippen LogP contribution in [0.3, 0.4) is 0 Å². The minimum absolute atomic E-state index is 0.843. The van der Waals surface area contributed by atoms with E-state index in [1.807, 2.05) is 0 Å². The number of piperazine rings is 1. The van der Waals surface area contributed by atoms with Crippen molar-refractivity contribution in [2.24, 2.45) is 5.73 Å². The highest BCUT2D eigenvalue weighted by molar-refractivity contribution is 5.46. The molecule has 1 heterocycles. The predicted octanol–water partition coefficient (Wildman–Crippen LogP) is 2.33. The molecule has 1 aliphatic heterocycles. The normalized spacial score (nSPS) is 16.8. The monoisotopic (exact) mass is 261 g/mol. The van der Waals surface area contributed by atoms with E-state index < -0.39 is 0 Å². The summed E-state index contributed by atoms with van der Waals surface area (Å²) in [5, 5.41) is 0. The van der Waals surface area contributed by atoms with Gasteiger partial charge in [-0.05, 0) is 38.1 Å². The molecule has 0 aromatic heterocycles. The first-order valence-electron chi connectivity index (χ1n) is 7.62. The maximum Gasteiger partial charge on any atom is 0.0367 e. The van der Waals surface area contributed by atoms with E-state index >= 15 is 0 Å². The molecule has 0 amide bonds. The van der Waals surface area contributed by atoms with Gasteiger partial charge >= 0.3 is 0 Å². The number of rotatable bonds is 7. The SMILES string of the molecule is NCCCCCCN1CCN(c2ccccc2)CC1. The van der Waals surface area contributed by atoms with E-state index in [9.17, 15) is 0 Å². The lowest BCUT2D eigenvalue weighted by Crippen LogP contribution is -2.46. The third-order valence-corrected chi connectivity index (χ3v) is 3.92. The molecular weight excluding hydrogens is 234 g/mol. The molecule has 0 saturated carbocycles. The molecule has 1 aliphatic rings. The van der Waals surface area contributed by atoms with Gasteiger partial charge in [-0.3, -0.25) is 4.90 Å². The second-order valence-electron chi connectivity index (χ2n) is 5.37. The first-order chi connectivity index (χ1) is 9.40. The number of hydrogen-bond acceptors (Lipinski definition) is 3. The Morgan fingerprint density at radius 2 is 1.53 bits per heavy atom. The number of nitrogens with zero attached hydrogens (tertiary/aromatic N) is 2. The Morgan fingerprint density at radius 3 is 2.21 bits per heavy atom. The fraction of sp³-hybridized carbons (Fsp3) is 0.625. The minimum atomic E-state index is 0.843. The van der Waals surface area contributed by atoms with Gasteiger partial charge in [0.15, 0.2) is 0 Å². The molecule has 106 valence electrons. The Balaban J connectivity index is 1.63. The summed E-state index contributed by atoms with van der Waals surface area (Å²) < 4.78 is 0. The van der Waals surface area contributed by atoms with Crippen molar-refractivity contribution in [3.8, 4) is 0 Å². The molecule has 1 aromatic carbocycles. The maximum absolute atomic E-state index is 5.51. The third kappa shape index (κ3) is 4.84. The highest BCUT2D eigenvalue weighted by Crippen LogP contribution is 2.15. The number of anilines is 1. The van der Waals surface area contributed by atoms with Crippen LogP contribution in [0.2, 0.25) is 0 Å². The Bertz CT molecular complexity index is 331. The summed E-state index contributed by atoms with van der Waals surface area (Å²) in [6.07, 6.45) is 5.13. The van der Waals surface area contributed by atoms with E-state index in [1.54, 1.807) is 0 Å². The molecule has 0 radical (unpaired) electrons. The second-order valence-corrected chi connectivity index (χ2v) is 5.37. The van der Waals surface area contributed by atoms with Crippen LogP contribution in [0.4, 0.5) is 5.69 Å². The van der Waals surface area contributed by atoms with E-state index in [2.05, 4.69) is 40.1 Å². The standard InChI is InChI=1S/C16H27N3/c17-10-6-1-2-7-11-18-12-14-19(15-13-18)16-8-4-3-5-9-16/h3-5,8-9H,1-2,6-7,10-15,17H2. The summed E-state index contributed by atoms with van der Waals surface area (Å²) in [6, 6.07) is 10.8. The zero-order chi connectivity index (χ0) is 13.3. The zero-order valence-corrected chi connectivity index (χ0v) is 11.9. The second kappa shape index (κ2) is 8.18. The first kappa shape index (κ1) is 14.4. The van der Waals surface area contributed by atoms with Gasteiger partial charge in [0, 0.05) is 31.9 Å². The van der Waals surface area contributed by atoms with Crippen molar-refractivity contribution in [2.45, 2.75) is 25.7 Å². The van der Waals surface area contributed by atoms with E-state index in [1.165, 1.54) is 51.0 Å². The highest BCUT2D eigenvalue weighted by atomic mass is 15.3. The van der Waals surface area contributed by atoms with Gasteiger partial charge in [0.25, 0.3) is 0 Å². The number of unbranched alkanes of at least 4 members (excludes halogenated alkanes) is 3. The number of hydrogen-bond donors (Lipinski definition) is 1. The largest absolute Gasteiger partial charge is 0.369 e. The lowest BCUT2D eigenvalue weighted by Gasteiger charge is -2.36. The molecule has 1 aromatic rings. The molecule has 0 unspecified atom stereocenters. The average molecular weight is 261 g/mol. The molecule has 2 N–H and O–H groups in total. The quantitative estimate of drug-likeness (QED) is 0.765. The van der Waals surface area contributed by atoms with Gasteiger partial charge in [-0.1, -0.05) is 31.0 Å². The van der Waals surface area contributed by atoms with Gasteiger partial charge < -0.3 is 10.6 Å². The Labute approximate surface area is 117 Å². The van der Waals surface area contributed by atoms with Crippen LogP contribution in [0.1, 0.15) is 25.7 Å². The molecule has 0 aliphatic carbocycles. The van der Waals surface area contributed by atoms with E-state index in [0.717, 1.165) is 19.6 Å². The van der Waals surface area contributed by atoms with E-state index in [-0.39, 0.29) is 0 Å². The lowest BCUT2D eigenvalue weighted by atomic mass is 10.1. The molecule has 1 saturated heterocycles. The van der Waals surface area contributed by atoms with Crippen LogP contribution >= 0.6 is 0 Å². The smallest absolute Gasteiger partial charge is 0.0367 e. The van der Waals surface area contributed by atoms with Crippen LogP contribution in [-0.4, -0.2) is 44.2 Å². The zero-order valence-electron chi connectivity index (χ0n) is 11.9. The van der Waals surface area contributed by atoms with Crippen LogP contribution in [0, 0.1) is 0 Å². The van der Waals surface area contributed by atoms with Crippen molar-refractivity contribution in [1.82, 2.24) is 4.90 Å². The van der Waals surface area contributed by atoms with Crippen molar-refractivity contribution in [2.75, 3.05) is 44.2 Å². The van der Waals surface area contributed by atoms with Gasteiger partial charge in [-0.25, -0.2) is 0 Å². The third-order valence-electron chi connectivity index (χ3n) is 3.92. The van der Waals surface area contributed by atoms with Crippen LogP contribution in [0.25, 0.3) is 0 Å². The van der Waals surface area contributed by atoms with Crippen LogP contribution in [0.15, 0.2) is 30.3 Å². The Morgan fingerprint density at radius 1 is 0.842 bits per heavy atom. The van der Waals surface area contributed by atoms with E-state index in [4.69, 9.17) is 5.73 Å². The summed E-state index contributed by atoms with van der Waals surface area (Å²) >= 11 is 0. The summed E-state index contributed by atoms with van der Waals surface area (Å²) in [4.78, 5) is 5.09. The maximum atomic E-state index is 5.51. The van der Waals surface area contributed by atoms with Crippen molar-refractivity contribution >= 4 is 5.69 Å². The average Bonchev–Trinajstić information content (AvgIpc) is 2.49. The van der Waals surface area contributed by atoms with Crippen molar-refractivity contribution in [3.63, 3.8) is 0 Å². The summed E-state index contributed by atoms with van der Waals surface area (Å²) in [7, 11) is 0. The first-order valence-corrected chi connectivity index (χ1v) is 7.62. The molecule has 3 heteroatoms. The minimum Gasteiger partial charge on any atom is -0.369 e. The number of nitrogens with two attached hydrogens (primary N) is 1. The van der Waals surface area contributed by atoms with Crippen LogP contribution in [-0.2, 0) is 0 Å². The molecule has 0 bridgehead atoms. The van der Waals surface area contributed by atoms with Crippen LogP contribution < -0.4 is 10.6 Å². The van der Waals surface area contributed by atoms with Gasteiger partial charge in [-0.2, -0.15) is 0 Å². The van der Waals surface area contributed by atoms with Crippen molar-refractivity contribution < 1.29 is 0 Å². The fourth-order valence-electron chi connectivity index (χ4n) is 2.70. The van der Waals surface area contributed by atoms with Crippen LogP contribution in [0.5, 0.6) is 0 Å². The summed E-state index contributed by atoms with van der Waals surface area (Å²) in [5.74, 6) is 0. The Kier molecular flexibility index (Phi) is 6.18. The van der Waals surface area contributed by atoms with Gasteiger partial charge in [0.2, 0.25) is 0 Å². The lowest BCUT2D eigenvalue weighted by molar-refractivity contribution is 0.252. The molecule has 0 atom stereocenters. The Hall–Kier alpha value is -1.06. The summed E-state index contributed by atoms with van der Waals surface area (Å²) in [6.45, 7) is 6.82. The van der Waals surface area contributed by atoms with Crippen molar-refractivity contribution in [3.05, 3.63) is 30.3 Å². The van der Waals surface area contributed by atoms with Crippen molar-refractivity contribution in [1.29, 1.82) is 0 Å². The fourth-order valence-corrected chi connectivity index (χ4v) is 2.70. The van der Waals surface area contributed by atoms with Gasteiger partial charge in [-0.15, -0.1) is 0 Å². The van der Waals surface area contributed by atoms with Gasteiger partial charge in [0.1, 0.15) is 0 Å². The molecular formula is C16H27N3. The highest BCUT2D eigenvalue weighted by Gasteiger charge is 2.16. The number of para-hydroxylation sites is 1.